The van der Waals surface area contributed by atoms with Crippen molar-refractivity contribution in [2.45, 2.75) is 12.8 Å². The monoisotopic (exact) mass is 162 g/mol. The van der Waals surface area contributed by atoms with Crippen LogP contribution >= 0.6 is 0 Å². The van der Waals surface area contributed by atoms with E-state index in [9.17, 15) is 4.79 Å². The molecule has 0 saturated heterocycles. The highest BCUT2D eigenvalue weighted by Crippen LogP contribution is 1.81. The van der Waals surface area contributed by atoms with Crippen LogP contribution < -0.4 is 22.1 Å². The Labute approximate surface area is 65.1 Å². The Morgan fingerprint density at radius 1 is 1.45 bits per heavy atom. The van der Waals surface area contributed by atoms with E-state index in [-0.39, 0.29) is 6.61 Å². The molecule has 0 spiro atoms. The SMILES string of the molecule is NNC(=O)NNCCCCO. The van der Waals surface area contributed by atoms with Crippen LogP contribution in [0.15, 0.2) is 0 Å². The van der Waals surface area contributed by atoms with Gasteiger partial charge < -0.3 is 5.11 Å². The van der Waals surface area contributed by atoms with E-state index in [1.54, 1.807) is 0 Å². The van der Waals surface area contributed by atoms with Crippen molar-refractivity contribution in [1.29, 1.82) is 0 Å². The first-order chi connectivity index (χ1) is 5.31. The van der Waals surface area contributed by atoms with E-state index in [4.69, 9.17) is 10.9 Å². The first kappa shape index (κ1) is 10.2. The first-order valence-electron chi connectivity index (χ1n) is 3.41. The third-order valence-corrected chi connectivity index (χ3v) is 1.04. The van der Waals surface area contributed by atoms with Crippen molar-refractivity contribution in [3.8, 4) is 0 Å². The molecule has 11 heavy (non-hydrogen) atoms. The van der Waals surface area contributed by atoms with Gasteiger partial charge in [0.2, 0.25) is 0 Å². The Morgan fingerprint density at radius 3 is 2.73 bits per heavy atom. The number of carbonyl (C=O) groups excluding carboxylic acids is 1. The molecule has 0 radical (unpaired) electrons. The molecule has 0 aromatic rings. The zero-order valence-corrected chi connectivity index (χ0v) is 6.26. The number of amides is 2. The summed E-state index contributed by atoms with van der Waals surface area (Å²) < 4.78 is 0. The molecule has 0 aromatic carbocycles. The van der Waals surface area contributed by atoms with Crippen molar-refractivity contribution < 1.29 is 9.90 Å². The molecule has 0 rings (SSSR count). The molecule has 0 heterocycles. The topological polar surface area (TPSA) is 99.4 Å². The number of carbonyl (C=O) groups is 1. The summed E-state index contributed by atoms with van der Waals surface area (Å²) in [5.41, 5.74) is 6.80. The zero-order chi connectivity index (χ0) is 8.53. The molecule has 0 unspecified atom stereocenters. The Hall–Kier alpha value is -0.850. The van der Waals surface area contributed by atoms with Gasteiger partial charge in [0.1, 0.15) is 0 Å². The second kappa shape index (κ2) is 7.26. The molecule has 0 fully saturated rings. The lowest BCUT2D eigenvalue weighted by molar-refractivity contribution is 0.236. The average Bonchev–Trinajstić information content (AvgIpc) is 2.04. The predicted octanol–water partition coefficient (Wildman–Crippen LogP) is -1.56. The van der Waals surface area contributed by atoms with Crippen molar-refractivity contribution >= 4 is 6.03 Å². The number of rotatable bonds is 5. The fourth-order valence-corrected chi connectivity index (χ4v) is 0.504. The smallest absolute Gasteiger partial charge is 0.343 e. The summed E-state index contributed by atoms with van der Waals surface area (Å²) in [6.07, 6.45) is 1.53. The van der Waals surface area contributed by atoms with Crippen molar-refractivity contribution in [2.24, 2.45) is 5.84 Å². The number of hydrogen-bond acceptors (Lipinski definition) is 4. The molecule has 6 nitrogen and oxygen atoms in total. The van der Waals surface area contributed by atoms with Gasteiger partial charge in [-0.05, 0) is 12.8 Å². The van der Waals surface area contributed by atoms with Crippen LogP contribution in [0.4, 0.5) is 4.79 Å². The van der Waals surface area contributed by atoms with E-state index < -0.39 is 6.03 Å². The van der Waals surface area contributed by atoms with Gasteiger partial charge in [-0.1, -0.05) is 0 Å². The largest absolute Gasteiger partial charge is 0.396 e. The molecule has 6 heteroatoms. The Bertz CT molecular complexity index is 109. The highest BCUT2D eigenvalue weighted by molar-refractivity contribution is 5.72. The molecule has 2 amide bonds. The Balaban J connectivity index is 2.95. The number of nitrogens with one attached hydrogen (secondary N) is 3. The number of urea groups is 1. The fourth-order valence-electron chi connectivity index (χ4n) is 0.504. The minimum absolute atomic E-state index is 0.171. The van der Waals surface area contributed by atoms with Crippen LogP contribution in [0.1, 0.15) is 12.8 Å². The van der Waals surface area contributed by atoms with Gasteiger partial charge in [-0.15, -0.1) is 0 Å². The van der Waals surface area contributed by atoms with Crippen LogP contribution in [0.2, 0.25) is 0 Å². The minimum atomic E-state index is -0.478. The molecule has 0 aromatic heterocycles. The fraction of sp³-hybridized carbons (Fsp3) is 0.800. The van der Waals surface area contributed by atoms with E-state index in [0.717, 1.165) is 12.8 Å². The van der Waals surface area contributed by atoms with E-state index >= 15 is 0 Å². The van der Waals surface area contributed by atoms with Gasteiger partial charge in [0.05, 0.1) is 0 Å². The number of hydrazine groups is 2. The predicted molar refractivity (Wildman–Crippen MR) is 40.2 cm³/mol. The molecule has 66 valence electrons. The maximum absolute atomic E-state index is 10.4. The number of hydrogen-bond donors (Lipinski definition) is 5. The van der Waals surface area contributed by atoms with Gasteiger partial charge in [0, 0.05) is 13.2 Å². The zero-order valence-electron chi connectivity index (χ0n) is 6.26. The van der Waals surface area contributed by atoms with Crippen LogP contribution in [0, 0.1) is 0 Å². The lowest BCUT2D eigenvalue weighted by Gasteiger charge is -2.04. The highest BCUT2D eigenvalue weighted by Gasteiger charge is 1.92. The first-order valence-corrected chi connectivity index (χ1v) is 3.41. The molecule has 0 aliphatic heterocycles. The third-order valence-electron chi connectivity index (χ3n) is 1.04. The summed E-state index contributed by atoms with van der Waals surface area (Å²) >= 11 is 0. The van der Waals surface area contributed by atoms with Gasteiger partial charge in [-0.25, -0.2) is 16.1 Å². The summed E-state index contributed by atoms with van der Waals surface area (Å²) in [6.45, 7) is 0.790. The summed E-state index contributed by atoms with van der Waals surface area (Å²) in [6, 6.07) is -0.478. The standard InChI is InChI=1S/C5H14N4O2/c6-8-5(11)9-7-3-1-2-4-10/h7,10H,1-4,6H2,(H2,8,9,11). The van der Waals surface area contributed by atoms with Gasteiger partial charge in [-0.2, -0.15) is 0 Å². The number of aliphatic hydroxyl groups is 1. The summed E-state index contributed by atoms with van der Waals surface area (Å²) in [5, 5.41) is 8.37. The molecule has 6 N–H and O–H groups in total. The molecular formula is C5H14N4O2. The van der Waals surface area contributed by atoms with Crippen molar-refractivity contribution in [1.82, 2.24) is 16.3 Å². The number of aliphatic hydroxyl groups excluding tert-OH is 1. The summed E-state index contributed by atoms with van der Waals surface area (Å²) in [5.74, 6) is 4.77. The Kier molecular flexibility index (Phi) is 6.70. The molecule has 0 aliphatic rings. The van der Waals surface area contributed by atoms with E-state index in [2.05, 4.69) is 10.9 Å². The van der Waals surface area contributed by atoms with Crippen LogP contribution in [-0.4, -0.2) is 24.3 Å². The van der Waals surface area contributed by atoms with Crippen LogP contribution in [0.25, 0.3) is 0 Å². The number of nitrogens with two attached hydrogens (primary N) is 1. The quantitative estimate of drug-likeness (QED) is 0.146. The number of unbranched alkanes of at least 4 members (excludes halogenated alkanes) is 1. The maximum atomic E-state index is 10.4. The second-order valence-electron chi connectivity index (χ2n) is 1.96. The highest BCUT2D eigenvalue weighted by atomic mass is 16.3. The van der Waals surface area contributed by atoms with Crippen molar-refractivity contribution in [2.75, 3.05) is 13.2 Å². The lowest BCUT2D eigenvalue weighted by atomic mass is 10.3. The average molecular weight is 162 g/mol. The van der Waals surface area contributed by atoms with Gasteiger partial charge in [0.25, 0.3) is 0 Å². The lowest BCUT2D eigenvalue weighted by Crippen LogP contribution is -2.47. The van der Waals surface area contributed by atoms with Crippen molar-refractivity contribution in [3.05, 3.63) is 0 Å². The molecule has 0 atom stereocenters. The van der Waals surface area contributed by atoms with Gasteiger partial charge in [0.15, 0.2) is 0 Å². The second-order valence-corrected chi connectivity index (χ2v) is 1.96. The van der Waals surface area contributed by atoms with E-state index in [1.807, 2.05) is 5.43 Å². The van der Waals surface area contributed by atoms with Gasteiger partial charge in [-0.3, -0.25) is 10.9 Å². The third kappa shape index (κ3) is 7.04. The van der Waals surface area contributed by atoms with E-state index in [0.29, 0.717) is 6.54 Å². The van der Waals surface area contributed by atoms with Crippen LogP contribution in [0.3, 0.4) is 0 Å². The van der Waals surface area contributed by atoms with Gasteiger partial charge >= 0.3 is 6.03 Å². The summed E-state index contributed by atoms with van der Waals surface area (Å²) in [7, 11) is 0. The minimum Gasteiger partial charge on any atom is -0.396 e. The molecule has 0 saturated carbocycles. The maximum Gasteiger partial charge on any atom is 0.343 e. The van der Waals surface area contributed by atoms with Crippen molar-refractivity contribution in [3.63, 3.8) is 0 Å². The molecule has 0 aliphatic carbocycles. The molecule has 0 bridgehead atoms. The molecular weight excluding hydrogens is 148 g/mol. The van der Waals surface area contributed by atoms with Crippen LogP contribution in [-0.2, 0) is 0 Å². The van der Waals surface area contributed by atoms with E-state index in [1.165, 1.54) is 0 Å². The Morgan fingerprint density at radius 2 is 2.18 bits per heavy atom. The summed E-state index contributed by atoms with van der Waals surface area (Å²) in [4.78, 5) is 10.4. The van der Waals surface area contributed by atoms with Crippen LogP contribution in [0.5, 0.6) is 0 Å². The normalized spacial score (nSPS) is 9.27.